The first-order valence-electron chi connectivity index (χ1n) is 12.9. The fourth-order valence-corrected chi connectivity index (χ4v) is 6.09. The van der Waals surface area contributed by atoms with Gasteiger partial charge in [-0.15, -0.1) is 0 Å². The minimum absolute atomic E-state index is 0.0245. The highest BCUT2D eigenvalue weighted by Crippen LogP contribution is 2.58. The Morgan fingerprint density at radius 3 is 2.16 bits per heavy atom. The highest BCUT2D eigenvalue weighted by molar-refractivity contribution is 9.10. The van der Waals surface area contributed by atoms with Crippen molar-refractivity contribution in [3.05, 3.63) is 28.7 Å². The summed E-state index contributed by atoms with van der Waals surface area (Å²) in [7, 11) is -4.24. The summed E-state index contributed by atoms with van der Waals surface area (Å²) in [6, 6.07) is 6.09. The maximum Gasteiger partial charge on any atom is 0.305 e. The molecular formula is C26H37BrO10S. The van der Waals surface area contributed by atoms with E-state index in [1.807, 2.05) is 13.8 Å². The van der Waals surface area contributed by atoms with Gasteiger partial charge in [-0.1, -0.05) is 42.6 Å². The Hall–Kier alpha value is -1.57. The van der Waals surface area contributed by atoms with Crippen LogP contribution in [-0.2, 0) is 47.6 Å². The quantitative estimate of drug-likeness (QED) is 0.159. The molecule has 12 heteroatoms. The Kier molecular flexibility index (Phi) is 10.7. The zero-order valence-corrected chi connectivity index (χ0v) is 24.7. The summed E-state index contributed by atoms with van der Waals surface area (Å²) in [6.45, 7) is 7.00. The first kappa shape index (κ1) is 31.0. The predicted octanol–water partition coefficient (Wildman–Crippen LogP) is 4.28. The number of rotatable bonds is 15. The largest absolute Gasteiger partial charge is 0.453 e. The molecule has 2 aliphatic rings. The van der Waals surface area contributed by atoms with Crippen LogP contribution in [0.15, 0.2) is 33.6 Å². The summed E-state index contributed by atoms with van der Waals surface area (Å²) >= 11 is 3.31. The maximum atomic E-state index is 13.4. The number of benzene rings is 1. The molecule has 2 fully saturated rings. The van der Waals surface area contributed by atoms with Crippen LogP contribution in [0.2, 0.25) is 0 Å². The van der Waals surface area contributed by atoms with Gasteiger partial charge < -0.3 is 23.7 Å². The van der Waals surface area contributed by atoms with Gasteiger partial charge in [0.2, 0.25) is 6.29 Å². The molecule has 1 aromatic carbocycles. The van der Waals surface area contributed by atoms with Crippen LogP contribution in [0.25, 0.3) is 0 Å². The fourth-order valence-electron chi connectivity index (χ4n) is 4.53. The lowest BCUT2D eigenvalue weighted by Crippen LogP contribution is -2.60. The van der Waals surface area contributed by atoms with Gasteiger partial charge in [0.25, 0.3) is 10.1 Å². The van der Waals surface area contributed by atoms with Crippen LogP contribution in [0, 0.1) is 0 Å². The van der Waals surface area contributed by atoms with Crippen LogP contribution in [-0.4, -0.2) is 69.9 Å². The van der Waals surface area contributed by atoms with E-state index in [0.717, 1.165) is 23.7 Å². The molecule has 1 aromatic rings. The standard InChI is InChI=1S/C26H37BrO10S/c1-5-7-15-32-17-26(25(13-14-25)37-38(30,31)21-11-9-20(27)10-12-21)23(33-16-8-6-2)22(34-18(3)28)24(36-26)35-19(4)29/h9-12,22-24H,5-8,13-17H2,1-4H3/t22-,23?,24?,26-/m0/s1. The fraction of sp³-hybridized carbons (Fsp3) is 0.692. The van der Waals surface area contributed by atoms with Crippen LogP contribution in [0.4, 0.5) is 0 Å². The Labute approximate surface area is 232 Å². The Balaban J connectivity index is 2.06. The van der Waals surface area contributed by atoms with E-state index in [1.54, 1.807) is 12.1 Å². The number of hydrogen-bond acceptors (Lipinski definition) is 10. The Bertz CT molecular complexity index is 1060. The molecule has 10 nitrogen and oxygen atoms in total. The molecule has 1 aliphatic carbocycles. The third-order valence-corrected chi connectivity index (χ3v) is 8.45. The maximum absolute atomic E-state index is 13.4. The van der Waals surface area contributed by atoms with Gasteiger partial charge in [0.1, 0.15) is 11.7 Å². The van der Waals surface area contributed by atoms with Gasteiger partial charge in [0, 0.05) is 31.5 Å². The molecule has 38 heavy (non-hydrogen) atoms. The minimum Gasteiger partial charge on any atom is -0.453 e. The smallest absolute Gasteiger partial charge is 0.305 e. The van der Waals surface area contributed by atoms with Crippen LogP contribution in [0.1, 0.15) is 66.2 Å². The van der Waals surface area contributed by atoms with Gasteiger partial charge in [0.15, 0.2) is 11.7 Å². The first-order valence-corrected chi connectivity index (χ1v) is 15.1. The van der Waals surface area contributed by atoms with Crippen molar-refractivity contribution in [1.29, 1.82) is 0 Å². The zero-order chi connectivity index (χ0) is 28.0. The average molecular weight is 622 g/mol. The number of esters is 2. The van der Waals surface area contributed by atoms with Crippen LogP contribution in [0.5, 0.6) is 0 Å². The van der Waals surface area contributed by atoms with Crippen molar-refractivity contribution < 1.29 is 45.9 Å². The lowest BCUT2D eigenvalue weighted by atomic mass is 9.87. The zero-order valence-electron chi connectivity index (χ0n) is 22.3. The van der Waals surface area contributed by atoms with Gasteiger partial charge in [-0.3, -0.25) is 13.8 Å². The molecule has 1 saturated carbocycles. The van der Waals surface area contributed by atoms with Crippen LogP contribution in [0.3, 0.4) is 0 Å². The summed E-state index contributed by atoms with van der Waals surface area (Å²) < 4.78 is 63.1. The summed E-state index contributed by atoms with van der Waals surface area (Å²) in [4.78, 5) is 24.0. The van der Waals surface area contributed by atoms with E-state index in [9.17, 15) is 18.0 Å². The third-order valence-electron chi connectivity index (χ3n) is 6.54. The summed E-state index contributed by atoms with van der Waals surface area (Å²) in [5, 5.41) is 0. The van der Waals surface area contributed by atoms with E-state index in [-0.39, 0.29) is 18.1 Å². The summed E-state index contributed by atoms with van der Waals surface area (Å²) in [5.41, 5.74) is -2.94. The highest BCUT2D eigenvalue weighted by atomic mass is 79.9. The lowest BCUT2D eigenvalue weighted by molar-refractivity contribution is -0.234. The van der Waals surface area contributed by atoms with Crippen LogP contribution < -0.4 is 0 Å². The van der Waals surface area contributed by atoms with Crippen molar-refractivity contribution in [1.82, 2.24) is 0 Å². The van der Waals surface area contributed by atoms with Crippen molar-refractivity contribution in [2.45, 2.75) is 101 Å². The SMILES string of the molecule is CCCCOC[C@]1(C2(OS(=O)(=O)c3ccc(Br)cc3)CC2)OC(OC(C)=O)[C@@H](OC(C)=O)C1OCCCC. The first-order chi connectivity index (χ1) is 18.0. The molecule has 4 atom stereocenters. The number of carbonyl (C=O) groups is 2. The van der Waals surface area contributed by atoms with Crippen LogP contribution >= 0.6 is 15.9 Å². The molecule has 0 amide bonds. The molecule has 1 aliphatic heterocycles. The molecule has 0 spiro atoms. The number of unbranched alkanes of at least 4 members (excludes halogenated alkanes) is 2. The average Bonchev–Trinajstić information content (AvgIpc) is 3.56. The summed E-state index contributed by atoms with van der Waals surface area (Å²) in [6.07, 6.45) is 0.290. The molecule has 0 radical (unpaired) electrons. The molecule has 0 bridgehead atoms. The van der Waals surface area contributed by atoms with E-state index in [1.165, 1.54) is 26.0 Å². The molecule has 214 valence electrons. The normalized spacial score (nSPS) is 26.2. The van der Waals surface area contributed by atoms with Crippen molar-refractivity contribution >= 4 is 38.0 Å². The van der Waals surface area contributed by atoms with Crippen molar-refractivity contribution in [2.75, 3.05) is 19.8 Å². The predicted molar refractivity (Wildman–Crippen MR) is 140 cm³/mol. The van der Waals surface area contributed by atoms with Crippen molar-refractivity contribution in [3.8, 4) is 0 Å². The second kappa shape index (κ2) is 13.2. The van der Waals surface area contributed by atoms with Gasteiger partial charge in [0.05, 0.1) is 11.5 Å². The second-order valence-corrected chi connectivity index (χ2v) is 12.1. The molecular weight excluding hydrogens is 584 g/mol. The van der Waals surface area contributed by atoms with Gasteiger partial charge in [-0.2, -0.15) is 8.42 Å². The molecule has 0 N–H and O–H groups in total. The van der Waals surface area contributed by atoms with Gasteiger partial charge >= 0.3 is 11.9 Å². The van der Waals surface area contributed by atoms with E-state index < -0.39 is 51.8 Å². The number of halogens is 1. The molecule has 3 rings (SSSR count). The second-order valence-electron chi connectivity index (χ2n) is 9.60. The van der Waals surface area contributed by atoms with Gasteiger partial charge in [-0.05, 0) is 49.9 Å². The number of hydrogen-bond donors (Lipinski definition) is 0. The lowest BCUT2D eigenvalue weighted by Gasteiger charge is -2.40. The van der Waals surface area contributed by atoms with Crippen molar-refractivity contribution in [2.24, 2.45) is 0 Å². The summed E-state index contributed by atoms with van der Waals surface area (Å²) in [5.74, 6) is -1.29. The highest BCUT2D eigenvalue weighted by Gasteiger charge is 2.75. The molecule has 0 aromatic heterocycles. The Morgan fingerprint density at radius 2 is 1.61 bits per heavy atom. The van der Waals surface area contributed by atoms with E-state index >= 15 is 0 Å². The third kappa shape index (κ3) is 7.14. The molecule has 1 heterocycles. The van der Waals surface area contributed by atoms with E-state index in [4.69, 9.17) is 27.9 Å². The molecule has 1 saturated heterocycles. The van der Waals surface area contributed by atoms with Crippen molar-refractivity contribution in [3.63, 3.8) is 0 Å². The Morgan fingerprint density at radius 1 is 1.00 bits per heavy atom. The molecule has 2 unspecified atom stereocenters. The van der Waals surface area contributed by atoms with E-state index in [0.29, 0.717) is 25.9 Å². The van der Waals surface area contributed by atoms with E-state index in [2.05, 4.69) is 15.9 Å². The number of carbonyl (C=O) groups excluding carboxylic acids is 2. The minimum atomic E-state index is -4.24. The number of ether oxygens (including phenoxy) is 5. The topological polar surface area (TPSA) is 124 Å². The van der Waals surface area contributed by atoms with Gasteiger partial charge in [-0.25, -0.2) is 0 Å². The monoisotopic (exact) mass is 620 g/mol.